The van der Waals surface area contributed by atoms with Crippen LogP contribution < -0.4 is 16.0 Å². The number of nitrogens with zero attached hydrogens (tertiary/aromatic N) is 3. The maximum absolute atomic E-state index is 5.51. The Kier molecular flexibility index (Phi) is 3.40. The molecule has 2 aromatic rings. The Morgan fingerprint density at radius 3 is 3.06 bits per heavy atom. The third-order valence-electron chi connectivity index (χ3n) is 2.13. The highest BCUT2D eigenvalue weighted by atomic mass is 32.1. The fraction of sp³-hybridized carbons (Fsp3) is 0.222. The average Bonchev–Trinajstić information content (AvgIpc) is 2.84. The Labute approximate surface area is 96.6 Å². The van der Waals surface area contributed by atoms with Crippen molar-refractivity contribution in [2.45, 2.75) is 6.04 Å². The molecule has 0 aromatic carbocycles. The van der Waals surface area contributed by atoms with Gasteiger partial charge in [0, 0.05) is 11.6 Å². The molecule has 0 bridgehead atoms. The molecule has 1 atom stereocenters. The molecule has 2 heterocycles. The Bertz CT molecular complexity index is 447. The summed E-state index contributed by atoms with van der Waals surface area (Å²) in [6, 6.07) is 3.32. The number of pyridine rings is 1. The van der Waals surface area contributed by atoms with Crippen molar-refractivity contribution in [1.82, 2.24) is 20.0 Å². The first-order valence-electron chi connectivity index (χ1n) is 4.58. The van der Waals surface area contributed by atoms with E-state index in [-0.39, 0.29) is 6.04 Å². The van der Waals surface area contributed by atoms with Crippen LogP contribution in [0.4, 0.5) is 0 Å². The van der Waals surface area contributed by atoms with Crippen LogP contribution in [0, 0.1) is 0 Å². The average molecular weight is 237 g/mol. The van der Waals surface area contributed by atoms with Crippen molar-refractivity contribution in [3.05, 3.63) is 35.1 Å². The van der Waals surface area contributed by atoms with Gasteiger partial charge in [-0.05, 0) is 23.7 Å². The minimum Gasteiger partial charge on any atom is -0.495 e. The zero-order valence-electron chi connectivity index (χ0n) is 8.62. The van der Waals surface area contributed by atoms with E-state index in [0.29, 0.717) is 11.4 Å². The van der Waals surface area contributed by atoms with E-state index in [2.05, 4.69) is 20.0 Å². The van der Waals surface area contributed by atoms with E-state index < -0.39 is 0 Å². The molecular formula is C9H11N5OS. The first-order valence-corrected chi connectivity index (χ1v) is 5.42. The Balaban J connectivity index is 2.41. The predicted molar refractivity (Wildman–Crippen MR) is 59.9 cm³/mol. The highest BCUT2D eigenvalue weighted by Gasteiger charge is 2.20. The van der Waals surface area contributed by atoms with Gasteiger partial charge in [0.05, 0.1) is 7.11 Å². The van der Waals surface area contributed by atoms with Gasteiger partial charge in [-0.3, -0.25) is 10.8 Å². The third kappa shape index (κ3) is 2.01. The highest BCUT2D eigenvalue weighted by molar-refractivity contribution is 7.03. The van der Waals surface area contributed by atoms with Crippen molar-refractivity contribution in [3.8, 4) is 5.75 Å². The van der Waals surface area contributed by atoms with Crippen molar-refractivity contribution >= 4 is 11.5 Å². The van der Waals surface area contributed by atoms with E-state index in [4.69, 9.17) is 10.6 Å². The molecule has 0 saturated carbocycles. The van der Waals surface area contributed by atoms with Crippen LogP contribution in [0.2, 0.25) is 0 Å². The molecule has 0 radical (unpaired) electrons. The van der Waals surface area contributed by atoms with Gasteiger partial charge < -0.3 is 4.74 Å². The van der Waals surface area contributed by atoms with Crippen molar-refractivity contribution in [2.75, 3.05) is 7.11 Å². The maximum atomic E-state index is 5.51. The minimum absolute atomic E-state index is 0.310. The zero-order valence-corrected chi connectivity index (χ0v) is 9.44. The number of hydrogen-bond donors (Lipinski definition) is 2. The Morgan fingerprint density at radius 1 is 1.56 bits per heavy atom. The van der Waals surface area contributed by atoms with E-state index >= 15 is 0 Å². The van der Waals surface area contributed by atoms with Gasteiger partial charge in [-0.2, -0.15) is 0 Å². The van der Waals surface area contributed by atoms with E-state index in [1.165, 1.54) is 11.5 Å². The van der Waals surface area contributed by atoms with Gasteiger partial charge >= 0.3 is 0 Å². The molecule has 3 N–H and O–H groups in total. The summed E-state index contributed by atoms with van der Waals surface area (Å²) in [4.78, 5) is 4.25. The number of aromatic nitrogens is 3. The molecule has 2 aromatic heterocycles. The molecule has 0 saturated heterocycles. The fourth-order valence-corrected chi connectivity index (χ4v) is 1.87. The number of hydrazine groups is 1. The second-order valence-electron chi connectivity index (χ2n) is 3.02. The van der Waals surface area contributed by atoms with Gasteiger partial charge in [0.25, 0.3) is 0 Å². The molecule has 1 unspecified atom stereocenters. The molecule has 0 fully saturated rings. The Hall–Kier alpha value is -1.57. The quantitative estimate of drug-likeness (QED) is 0.594. The fourth-order valence-electron chi connectivity index (χ4n) is 1.39. The molecule has 2 rings (SSSR count). The van der Waals surface area contributed by atoms with Crippen molar-refractivity contribution in [3.63, 3.8) is 0 Å². The van der Waals surface area contributed by atoms with Crippen LogP contribution in [0.3, 0.4) is 0 Å². The molecule has 0 amide bonds. The van der Waals surface area contributed by atoms with Crippen LogP contribution in [0.1, 0.15) is 17.4 Å². The lowest BCUT2D eigenvalue weighted by Crippen LogP contribution is -2.30. The maximum Gasteiger partial charge on any atom is 0.142 e. The van der Waals surface area contributed by atoms with Gasteiger partial charge in [-0.1, -0.05) is 4.49 Å². The standard InChI is InChI=1S/C9H11N5OS/c1-15-7-3-2-4-11-9(7)8(12-10)6-5-16-14-13-6/h2-5,8,12H,10H2,1H3. The van der Waals surface area contributed by atoms with Crippen molar-refractivity contribution in [2.24, 2.45) is 5.84 Å². The van der Waals surface area contributed by atoms with Crippen LogP contribution in [0.5, 0.6) is 5.75 Å². The first-order chi connectivity index (χ1) is 7.86. The van der Waals surface area contributed by atoms with E-state index in [1.807, 2.05) is 11.4 Å². The van der Waals surface area contributed by atoms with Crippen LogP contribution in [-0.2, 0) is 0 Å². The summed E-state index contributed by atoms with van der Waals surface area (Å²) in [6.45, 7) is 0. The van der Waals surface area contributed by atoms with Crippen LogP contribution in [0.25, 0.3) is 0 Å². The summed E-state index contributed by atoms with van der Waals surface area (Å²) >= 11 is 1.27. The summed E-state index contributed by atoms with van der Waals surface area (Å²) in [5.41, 5.74) is 4.08. The number of hydrogen-bond acceptors (Lipinski definition) is 7. The second-order valence-corrected chi connectivity index (χ2v) is 3.63. The second kappa shape index (κ2) is 4.97. The zero-order chi connectivity index (χ0) is 11.4. The molecule has 0 aliphatic rings. The lowest BCUT2D eigenvalue weighted by Gasteiger charge is -2.15. The largest absolute Gasteiger partial charge is 0.495 e. The predicted octanol–water partition coefficient (Wildman–Crippen LogP) is 0.494. The molecule has 6 nitrogen and oxygen atoms in total. The lowest BCUT2D eigenvalue weighted by molar-refractivity contribution is 0.399. The summed E-state index contributed by atoms with van der Waals surface area (Å²) in [6.07, 6.45) is 1.68. The molecular weight excluding hydrogens is 226 g/mol. The number of nitrogens with two attached hydrogens (primary N) is 1. The van der Waals surface area contributed by atoms with Crippen molar-refractivity contribution in [1.29, 1.82) is 0 Å². The van der Waals surface area contributed by atoms with Gasteiger partial charge in [-0.15, -0.1) is 5.10 Å². The molecule has 0 spiro atoms. The van der Waals surface area contributed by atoms with Gasteiger partial charge in [-0.25, -0.2) is 5.43 Å². The molecule has 0 aliphatic carbocycles. The molecule has 84 valence electrons. The number of rotatable bonds is 4. The van der Waals surface area contributed by atoms with Gasteiger partial charge in [0.2, 0.25) is 0 Å². The van der Waals surface area contributed by atoms with Gasteiger partial charge in [0.15, 0.2) is 0 Å². The first kappa shape index (κ1) is 10.9. The van der Waals surface area contributed by atoms with Crippen LogP contribution in [-0.4, -0.2) is 21.7 Å². The number of ether oxygens (including phenoxy) is 1. The number of nitrogens with one attached hydrogen (secondary N) is 1. The smallest absolute Gasteiger partial charge is 0.142 e. The summed E-state index contributed by atoms with van der Waals surface area (Å²) < 4.78 is 9.02. The topological polar surface area (TPSA) is 86.0 Å². The van der Waals surface area contributed by atoms with E-state index in [0.717, 1.165) is 5.69 Å². The van der Waals surface area contributed by atoms with E-state index in [1.54, 1.807) is 19.4 Å². The number of methoxy groups -OCH3 is 1. The monoisotopic (exact) mass is 237 g/mol. The lowest BCUT2D eigenvalue weighted by atomic mass is 10.1. The third-order valence-corrected chi connectivity index (χ3v) is 2.66. The highest BCUT2D eigenvalue weighted by Crippen LogP contribution is 2.26. The van der Waals surface area contributed by atoms with E-state index in [9.17, 15) is 0 Å². The normalized spacial score (nSPS) is 12.4. The Morgan fingerprint density at radius 2 is 2.44 bits per heavy atom. The SMILES string of the molecule is COc1cccnc1C(NN)c1csnn1. The van der Waals surface area contributed by atoms with Crippen LogP contribution in [0.15, 0.2) is 23.7 Å². The minimum atomic E-state index is -0.310. The summed E-state index contributed by atoms with van der Waals surface area (Å²) in [7, 11) is 1.59. The molecule has 16 heavy (non-hydrogen) atoms. The van der Waals surface area contributed by atoms with Crippen molar-refractivity contribution < 1.29 is 4.74 Å². The van der Waals surface area contributed by atoms with Gasteiger partial charge in [0.1, 0.15) is 23.2 Å². The summed E-state index contributed by atoms with van der Waals surface area (Å²) in [5, 5.41) is 5.79. The molecule has 0 aliphatic heterocycles. The summed E-state index contributed by atoms with van der Waals surface area (Å²) in [5.74, 6) is 6.18. The molecule has 7 heteroatoms. The van der Waals surface area contributed by atoms with Crippen LogP contribution >= 0.6 is 11.5 Å².